The molecule has 1 fully saturated rings. The third-order valence-electron chi connectivity index (χ3n) is 4.75. The minimum absolute atomic E-state index is 0.0541. The lowest BCUT2D eigenvalue weighted by Crippen LogP contribution is -3.10. The third-order valence-corrected chi connectivity index (χ3v) is 4.75. The molecule has 2 aliphatic heterocycles. The zero-order valence-corrected chi connectivity index (χ0v) is 12.1. The third kappa shape index (κ3) is 1.83. The van der Waals surface area contributed by atoms with Gasteiger partial charge in [0.25, 0.3) is 5.91 Å². The molecule has 0 aromatic heterocycles. The van der Waals surface area contributed by atoms with E-state index >= 15 is 0 Å². The fourth-order valence-corrected chi connectivity index (χ4v) is 3.38. The molecule has 1 aromatic rings. The maximum absolute atomic E-state index is 12.2. The Morgan fingerprint density at radius 3 is 2.90 bits per heavy atom. The molecule has 0 saturated carbocycles. The summed E-state index contributed by atoms with van der Waals surface area (Å²) in [7, 11) is 2.08. The molecule has 0 radical (unpaired) electrons. The van der Waals surface area contributed by atoms with Crippen molar-refractivity contribution in [2.75, 3.05) is 7.05 Å². The van der Waals surface area contributed by atoms with Crippen molar-refractivity contribution in [3.63, 3.8) is 0 Å². The van der Waals surface area contributed by atoms with Gasteiger partial charge in [0.2, 0.25) is 0 Å². The van der Waals surface area contributed by atoms with E-state index in [4.69, 9.17) is 0 Å². The molecule has 106 valence electrons. The molecule has 20 heavy (non-hydrogen) atoms. The van der Waals surface area contributed by atoms with Crippen LogP contribution in [0.2, 0.25) is 0 Å². The van der Waals surface area contributed by atoms with Crippen LogP contribution >= 0.6 is 0 Å². The normalized spacial score (nSPS) is 29.2. The highest BCUT2D eigenvalue weighted by Gasteiger charge is 2.47. The minimum atomic E-state index is 0.0541. The SMILES string of the molecule is CC[C@H](C)[C@H]1NC(=O)C2=Cc3ccc(O)cc3[NH+](C)C21. The summed E-state index contributed by atoms with van der Waals surface area (Å²) < 4.78 is 0. The summed E-state index contributed by atoms with van der Waals surface area (Å²) in [5, 5.41) is 12.8. The van der Waals surface area contributed by atoms with Gasteiger partial charge in [-0.2, -0.15) is 0 Å². The fourth-order valence-electron chi connectivity index (χ4n) is 3.38. The van der Waals surface area contributed by atoms with Gasteiger partial charge >= 0.3 is 0 Å². The molecular weight excluding hydrogens is 252 g/mol. The number of nitrogens with one attached hydrogen (secondary N) is 2. The van der Waals surface area contributed by atoms with Crippen molar-refractivity contribution in [1.82, 2.24) is 5.32 Å². The van der Waals surface area contributed by atoms with E-state index in [1.807, 2.05) is 12.1 Å². The lowest BCUT2D eigenvalue weighted by molar-refractivity contribution is -0.834. The summed E-state index contributed by atoms with van der Waals surface area (Å²) in [6.07, 6.45) is 3.01. The Morgan fingerprint density at radius 2 is 2.20 bits per heavy atom. The first-order valence-electron chi connectivity index (χ1n) is 7.22. The lowest BCUT2D eigenvalue weighted by Gasteiger charge is -2.32. The fraction of sp³-hybridized carbons (Fsp3) is 0.438. The number of hydrogen-bond donors (Lipinski definition) is 3. The van der Waals surface area contributed by atoms with Crippen molar-refractivity contribution >= 4 is 17.7 Å². The molecule has 1 aromatic carbocycles. The maximum Gasteiger partial charge on any atom is 0.253 e. The number of phenolic OH excluding ortho intramolecular Hbond substituents is 1. The number of likely N-dealkylation sites (N-methyl/N-ethyl adjacent to an activating group) is 1. The largest absolute Gasteiger partial charge is 0.508 e. The number of carbonyl (C=O) groups excluding carboxylic acids is 1. The molecule has 1 amide bonds. The molecule has 0 spiro atoms. The molecule has 0 bridgehead atoms. The average Bonchev–Trinajstić information content (AvgIpc) is 2.77. The highest BCUT2D eigenvalue weighted by molar-refractivity contribution is 6.02. The van der Waals surface area contributed by atoms with Gasteiger partial charge in [0.05, 0.1) is 18.7 Å². The molecule has 2 unspecified atom stereocenters. The number of carbonyl (C=O) groups is 1. The smallest absolute Gasteiger partial charge is 0.253 e. The summed E-state index contributed by atoms with van der Waals surface area (Å²) >= 11 is 0. The number of quaternary nitrogens is 1. The number of phenols is 1. The van der Waals surface area contributed by atoms with Crippen LogP contribution in [-0.4, -0.2) is 30.1 Å². The minimum Gasteiger partial charge on any atom is -0.508 e. The van der Waals surface area contributed by atoms with Crippen LogP contribution < -0.4 is 10.2 Å². The summed E-state index contributed by atoms with van der Waals surface area (Å²) in [5.74, 6) is 0.763. The topological polar surface area (TPSA) is 53.8 Å². The van der Waals surface area contributed by atoms with E-state index in [0.29, 0.717) is 5.92 Å². The van der Waals surface area contributed by atoms with E-state index in [0.717, 1.165) is 23.2 Å². The van der Waals surface area contributed by atoms with Gasteiger partial charge in [-0.05, 0) is 24.1 Å². The first-order valence-corrected chi connectivity index (χ1v) is 7.22. The molecule has 3 rings (SSSR count). The number of rotatable bonds is 2. The number of hydrogen-bond acceptors (Lipinski definition) is 2. The van der Waals surface area contributed by atoms with E-state index in [1.54, 1.807) is 12.1 Å². The summed E-state index contributed by atoms with van der Waals surface area (Å²) in [5.41, 5.74) is 2.95. The average molecular weight is 273 g/mol. The molecule has 1 saturated heterocycles. The van der Waals surface area contributed by atoms with Crippen LogP contribution in [0.15, 0.2) is 23.8 Å². The van der Waals surface area contributed by atoms with Crippen molar-refractivity contribution in [3.05, 3.63) is 29.3 Å². The van der Waals surface area contributed by atoms with Crippen LogP contribution in [0.3, 0.4) is 0 Å². The standard InChI is InChI=1S/C16H20N2O2/c1-4-9(2)14-15-12(16(20)17-14)7-10-5-6-11(19)8-13(10)18(15)3/h5-9,14-15,19H,4H2,1-3H3,(H,17,20)/p+1/t9-,14+,15?/m0/s1. The Hall–Kier alpha value is -1.81. The zero-order chi connectivity index (χ0) is 14.4. The Labute approximate surface area is 119 Å². The Balaban J connectivity index is 2.08. The van der Waals surface area contributed by atoms with E-state index < -0.39 is 0 Å². The van der Waals surface area contributed by atoms with Crippen LogP contribution in [-0.2, 0) is 4.79 Å². The highest BCUT2D eigenvalue weighted by Crippen LogP contribution is 2.31. The van der Waals surface area contributed by atoms with Crippen molar-refractivity contribution in [1.29, 1.82) is 0 Å². The van der Waals surface area contributed by atoms with E-state index in [2.05, 4.69) is 26.2 Å². The van der Waals surface area contributed by atoms with Crippen LogP contribution in [0.25, 0.3) is 6.08 Å². The number of amides is 1. The predicted octanol–water partition coefficient (Wildman–Crippen LogP) is 0.849. The van der Waals surface area contributed by atoms with Gasteiger partial charge in [-0.1, -0.05) is 20.3 Å². The van der Waals surface area contributed by atoms with Gasteiger partial charge in [-0.3, -0.25) is 9.69 Å². The summed E-state index contributed by atoms with van der Waals surface area (Å²) in [6, 6.07) is 5.64. The molecule has 4 atom stereocenters. The second-order valence-electron chi connectivity index (χ2n) is 5.92. The monoisotopic (exact) mass is 273 g/mol. The predicted molar refractivity (Wildman–Crippen MR) is 77.8 cm³/mol. The number of aromatic hydroxyl groups is 1. The molecular formula is C16H21N2O2+. The van der Waals surface area contributed by atoms with Crippen molar-refractivity contribution in [2.24, 2.45) is 5.92 Å². The second kappa shape index (κ2) is 4.63. The van der Waals surface area contributed by atoms with Gasteiger partial charge in [0.15, 0.2) is 0 Å². The van der Waals surface area contributed by atoms with Crippen molar-refractivity contribution < 1.29 is 14.8 Å². The lowest BCUT2D eigenvalue weighted by atomic mass is 9.87. The molecule has 2 heterocycles. The molecule has 3 N–H and O–H groups in total. The van der Waals surface area contributed by atoms with E-state index in [9.17, 15) is 9.90 Å². The highest BCUT2D eigenvalue weighted by atomic mass is 16.3. The molecule has 2 aliphatic rings. The zero-order valence-electron chi connectivity index (χ0n) is 12.1. The van der Waals surface area contributed by atoms with Gasteiger partial charge in [0, 0.05) is 11.6 Å². The van der Waals surface area contributed by atoms with Crippen molar-refractivity contribution in [3.8, 4) is 5.75 Å². The Bertz CT molecular complexity index is 594. The molecule has 0 aliphatic carbocycles. The summed E-state index contributed by atoms with van der Waals surface area (Å²) in [4.78, 5) is 13.4. The van der Waals surface area contributed by atoms with Crippen LogP contribution in [0.4, 0.5) is 5.69 Å². The van der Waals surface area contributed by atoms with Gasteiger partial charge < -0.3 is 10.4 Å². The van der Waals surface area contributed by atoms with Crippen molar-refractivity contribution in [2.45, 2.75) is 32.4 Å². The van der Waals surface area contributed by atoms with Gasteiger partial charge in [0.1, 0.15) is 17.5 Å². The number of fused-ring (bicyclic) bond motifs is 2. The van der Waals surface area contributed by atoms with Crippen LogP contribution in [0.5, 0.6) is 5.75 Å². The van der Waals surface area contributed by atoms with Gasteiger partial charge in [-0.25, -0.2) is 0 Å². The number of benzene rings is 1. The molecule has 4 nitrogen and oxygen atoms in total. The quantitative estimate of drug-likeness (QED) is 0.748. The van der Waals surface area contributed by atoms with Crippen LogP contribution in [0, 0.1) is 5.92 Å². The Morgan fingerprint density at radius 1 is 1.45 bits per heavy atom. The maximum atomic E-state index is 12.2. The summed E-state index contributed by atoms with van der Waals surface area (Å²) in [6.45, 7) is 4.33. The Kier molecular flexibility index (Phi) is 3.05. The first kappa shape index (κ1) is 13.2. The van der Waals surface area contributed by atoms with E-state index in [-0.39, 0.29) is 23.7 Å². The van der Waals surface area contributed by atoms with Crippen LogP contribution in [0.1, 0.15) is 25.8 Å². The van der Waals surface area contributed by atoms with Gasteiger partial charge in [-0.15, -0.1) is 0 Å². The molecule has 4 heteroatoms. The first-order chi connectivity index (χ1) is 9.52. The second-order valence-corrected chi connectivity index (χ2v) is 5.92. The van der Waals surface area contributed by atoms with E-state index in [1.165, 1.54) is 4.90 Å².